The fourth-order valence-corrected chi connectivity index (χ4v) is 2.48. The second kappa shape index (κ2) is 5.76. The van der Waals surface area contributed by atoms with Crippen LogP contribution in [-0.2, 0) is 6.42 Å². The molecule has 0 saturated heterocycles. The van der Waals surface area contributed by atoms with Crippen LogP contribution in [0.25, 0.3) is 0 Å². The van der Waals surface area contributed by atoms with Crippen LogP contribution in [0, 0.1) is 23.5 Å². The SMILES string of the molecule is CC(C)C(C)C(Br)Cc1cccc(F)c1F. The summed E-state index contributed by atoms with van der Waals surface area (Å²) in [6.45, 7) is 6.36. The summed E-state index contributed by atoms with van der Waals surface area (Å²) in [5.41, 5.74) is 0.439. The average molecular weight is 291 g/mol. The summed E-state index contributed by atoms with van der Waals surface area (Å²) in [6, 6.07) is 4.33. The van der Waals surface area contributed by atoms with E-state index in [1.807, 2.05) is 0 Å². The van der Waals surface area contributed by atoms with E-state index in [1.165, 1.54) is 0 Å². The Bertz CT molecular complexity index is 350. The number of alkyl halides is 1. The molecule has 1 rings (SSSR count). The molecule has 3 heteroatoms. The molecule has 0 aliphatic heterocycles. The molecule has 1 aromatic carbocycles. The average Bonchev–Trinajstić information content (AvgIpc) is 2.23. The molecule has 90 valence electrons. The Kier molecular flexibility index (Phi) is 4.90. The third kappa shape index (κ3) is 3.27. The molecule has 0 aromatic heterocycles. The van der Waals surface area contributed by atoms with E-state index < -0.39 is 11.6 Å². The van der Waals surface area contributed by atoms with Crippen LogP contribution in [0.15, 0.2) is 18.2 Å². The minimum atomic E-state index is -0.769. The molecular formula is C13H17BrF2. The van der Waals surface area contributed by atoms with Crippen LogP contribution < -0.4 is 0 Å². The molecule has 0 N–H and O–H groups in total. The predicted molar refractivity (Wildman–Crippen MR) is 66.8 cm³/mol. The van der Waals surface area contributed by atoms with Crippen molar-refractivity contribution in [1.29, 1.82) is 0 Å². The van der Waals surface area contributed by atoms with Crippen molar-refractivity contribution in [1.82, 2.24) is 0 Å². The standard InChI is InChI=1S/C13H17BrF2/c1-8(2)9(3)11(14)7-10-5-4-6-12(15)13(10)16/h4-6,8-9,11H,7H2,1-3H3. The highest BCUT2D eigenvalue weighted by Crippen LogP contribution is 2.25. The highest BCUT2D eigenvalue weighted by Gasteiger charge is 2.19. The van der Waals surface area contributed by atoms with Gasteiger partial charge in [0, 0.05) is 4.83 Å². The van der Waals surface area contributed by atoms with E-state index in [2.05, 4.69) is 36.7 Å². The summed E-state index contributed by atoms with van der Waals surface area (Å²) < 4.78 is 26.4. The van der Waals surface area contributed by atoms with Gasteiger partial charge in [-0.05, 0) is 29.9 Å². The van der Waals surface area contributed by atoms with E-state index >= 15 is 0 Å². The lowest BCUT2D eigenvalue weighted by atomic mass is 9.91. The van der Waals surface area contributed by atoms with Crippen LogP contribution in [0.4, 0.5) is 8.78 Å². The highest BCUT2D eigenvalue weighted by atomic mass is 79.9. The first-order valence-electron chi connectivity index (χ1n) is 5.50. The third-order valence-corrected chi connectivity index (χ3v) is 4.23. The third-order valence-electron chi connectivity index (χ3n) is 3.07. The first-order valence-corrected chi connectivity index (χ1v) is 6.42. The zero-order valence-corrected chi connectivity index (χ0v) is 11.4. The molecule has 0 nitrogen and oxygen atoms in total. The van der Waals surface area contributed by atoms with Crippen LogP contribution in [0.3, 0.4) is 0 Å². The molecule has 0 spiro atoms. The maximum atomic E-state index is 13.4. The second-order valence-electron chi connectivity index (χ2n) is 4.54. The first kappa shape index (κ1) is 13.6. The van der Waals surface area contributed by atoms with E-state index in [-0.39, 0.29) is 4.83 Å². The van der Waals surface area contributed by atoms with Gasteiger partial charge in [0.25, 0.3) is 0 Å². The Morgan fingerprint density at radius 3 is 2.38 bits per heavy atom. The maximum Gasteiger partial charge on any atom is 0.162 e. The minimum Gasteiger partial charge on any atom is -0.204 e. The lowest BCUT2D eigenvalue weighted by Gasteiger charge is -2.22. The lowest BCUT2D eigenvalue weighted by molar-refractivity contribution is 0.403. The fourth-order valence-electron chi connectivity index (χ4n) is 1.52. The Hall–Kier alpha value is -0.440. The first-order chi connectivity index (χ1) is 7.43. The van der Waals surface area contributed by atoms with Gasteiger partial charge in [-0.15, -0.1) is 0 Å². The zero-order chi connectivity index (χ0) is 12.3. The highest BCUT2D eigenvalue weighted by molar-refractivity contribution is 9.09. The minimum absolute atomic E-state index is 0.170. The topological polar surface area (TPSA) is 0 Å². The molecule has 2 atom stereocenters. The molecule has 1 aromatic rings. The summed E-state index contributed by atoms with van der Waals surface area (Å²) in [5.74, 6) is -0.555. The monoisotopic (exact) mass is 290 g/mol. The van der Waals surface area contributed by atoms with Crippen molar-refractivity contribution in [2.75, 3.05) is 0 Å². The molecule has 16 heavy (non-hydrogen) atoms. The molecule has 0 fully saturated rings. The Morgan fingerprint density at radius 1 is 1.19 bits per heavy atom. The summed E-state index contributed by atoms with van der Waals surface area (Å²) in [5, 5.41) is 0. The number of rotatable bonds is 4. The Morgan fingerprint density at radius 2 is 1.81 bits per heavy atom. The van der Waals surface area contributed by atoms with E-state index in [9.17, 15) is 8.78 Å². The summed E-state index contributed by atoms with van der Waals surface area (Å²) in [4.78, 5) is 0.170. The van der Waals surface area contributed by atoms with Crippen LogP contribution >= 0.6 is 15.9 Å². The van der Waals surface area contributed by atoms with Gasteiger partial charge in [0.1, 0.15) is 0 Å². The zero-order valence-electron chi connectivity index (χ0n) is 9.81. The molecule has 0 aliphatic carbocycles. The van der Waals surface area contributed by atoms with Crippen LogP contribution in [0.5, 0.6) is 0 Å². The van der Waals surface area contributed by atoms with Gasteiger partial charge >= 0.3 is 0 Å². The van der Waals surface area contributed by atoms with Gasteiger partial charge < -0.3 is 0 Å². The normalized spacial score (nSPS) is 15.2. The van der Waals surface area contributed by atoms with Crippen LogP contribution in [0.1, 0.15) is 26.3 Å². The summed E-state index contributed by atoms with van der Waals surface area (Å²) in [7, 11) is 0. The molecule has 0 aliphatic rings. The summed E-state index contributed by atoms with van der Waals surface area (Å²) in [6.07, 6.45) is 0.517. The van der Waals surface area contributed by atoms with Crippen LogP contribution in [0.2, 0.25) is 0 Å². The Labute approximate surface area is 104 Å². The Balaban J connectivity index is 2.77. The number of benzene rings is 1. The van der Waals surface area contributed by atoms with E-state index in [4.69, 9.17) is 0 Å². The van der Waals surface area contributed by atoms with Crippen LogP contribution in [-0.4, -0.2) is 4.83 Å². The largest absolute Gasteiger partial charge is 0.204 e. The van der Waals surface area contributed by atoms with E-state index in [0.717, 1.165) is 6.07 Å². The van der Waals surface area contributed by atoms with E-state index in [1.54, 1.807) is 12.1 Å². The van der Waals surface area contributed by atoms with Crippen molar-refractivity contribution in [3.63, 3.8) is 0 Å². The molecule has 0 amide bonds. The second-order valence-corrected chi connectivity index (χ2v) is 5.71. The van der Waals surface area contributed by atoms with Crippen molar-refractivity contribution in [3.05, 3.63) is 35.4 Å². The quantitative estimate of drug-likeness (QED) is 0.713. The van der Waals surface area contributed by atoms with Gasteiger partial charge in [0.15, 0.2) is 11.6 Å². The molecule has 0 saturated carbocycles. The number of hydrogen-bond acceptors (Lipinski definition) is 0. The van der Waals surface area contributed by atoms with Crippen molar-refractivity contribution in [2.24, 2.45) is 11.8 Å². The smallest absolute Gasteiger partial charge is 0.162 e. The van der Waals surface area contributed by atoms with Crippen molar-refractivity contribution in [2.45, 2.75) is 32.0 Å². The van der Waals surface area contributed by atoms with Crippen molar-refractivity contribution in [3.8, 4) is 0 Å². The maximum absolute atomic E-state index is 13.4. The molecule has 0 bridgehead atoms. The van der Waals surface area contributed by atoms with Gasteiger partial charge in [0.2, 0.25) is 0 Å². The van der Waals surface area contributed by atoms with Crippen molar-refractivity contribution < 1.29 is 8.78 Å². The fraction of sp³-hybridized carbons (Fsp3) is 0.538. The number of hydrogen-bond donors (Lipinski definition) is 0. The summed E-state index contributed by atoms with van der Waals surface area (Å²) >= 11 is 3.55. The molecule has 0 radical (unpaired) electrons. The van der Waals surface area contributed by atoms with Gasteiger partial charge in [-0.3, -0.25) is 0 Å². The van der Waals surface area contributed by atoms with Crippen molar-refractivity contribution >= 4 is 15.9 Å². The predicted octanol–water partition coefficient (Wildman–Crippen LogP) is 4.56. The number of halogens is 3. The lowest BCUT2D eigenvalue weighted by Crippen LogP contribution is -2.19. The van der Waals surface area contributed by atoms with Gasteiger partial charge in [-0.2, -0.15) is 0 Å². The van der Waals surface area contributed by atoms with Gasteiger partial charge in [-0.25, -0.2) is 8.78 Å². The molecular weight excluding hydrogens is 274 g/mol. The van der Waals surface area contributed by atoms with Gasteiger partial charge in [0.05, 0.1) is 0 Å². The van der Waals surface area contributed by atoms with E-state index in [0.29, 0.717) is 23.8 Å². The molecule has 2 unspecified atom stereocenters. The van der Waals surface area contributed by atoms with Gasteiger partial charge in [-0.1, -0.05) is 48.8 Å². The molecule has 0 heterocycles.